The van der Waals surface area contributed by atoms with Gasteiger partial charge in [-0.1, -0.05) is 6.07 Å². The highest BCUT2D eigenvalue weighted by molar-refractivity contribution is 5.44. The first-order chi connectivity index (χ1) is 12.9. The van der Waals surface area contributed by atoms with Crippen molar-refractivity contribution in [2.24, 2.45) is 0 Å². The Morgan fingerprint density at radius 2 is 1.73 bits per heavy atom. The van der Waals surface area contributed by atoms with E-state index < -0.39 is 0 Å². The van der Waals surface area contributed by atoms with Gasteiger partial charge in [-0.2, -0.15) is 10.1 Å². The number of anilines is 3. The molecule has 0 unspecified atom stereocenters. The Kier molecular flexibility index (Phi) is 4.81. The third-order valence-electron chi connectivity index (χ3n) is 4.31. The highest BCUT2D eigenvalue weighted by Crippen LogP contribution is 2.16. The second-order valence-electron chi connectivity index (χ2n) is 6.01. The molecule has 1 aliphatic rings. The molecule has 0 saturated carbocycles. The molecular weight excluding hydrogens is 328 g/mol. The molecular formula is C18H20N8. The lowest BCUT2D eigenvalue weighted by Gasteiger charge is -2.35. The van der Waals surface area contributed by atoms with Crippen molar-refractivity contribution in [2.75, 3.05) is 41.3 Å². The maximum atomic E-state index is 4.60. The van der Waals surface area contributed by atoms with Gasteiger partial charge in [0, 0.05) is 51.3 Å². The van der Waals surface area contributed by atoms with Crippen molar-refractivity contribution in [1.82, 2.24) is 25.1 Å². The van der Waals surface area contributed by atoms with Crippen LogP contribution in [0.25, 0.3) is 0 Å². The third kappa shape index (κ3) is 3.85. The fraction of sp³-hybridized carbons (Fsp3) is 0.278. The summed E-state index contributed by atoms with van der Waals surface area (Å²) in [6, 6.07) is 9.93. The number of aromatic nitrogens is 5. The summed E-state index contributed by atoms with van der Waals surface area (Å²) in [5, 5.41) is 11.6. The number of nitrogens with one attached hydrogen (secondary N) is 1. The lowest BCUT2D eigenvalue weighted by Crippen LogP contribution is -2.47. The Hall–Kier alpha value is -3.29. The van der Waals surface area contributed by atoms with E-state index in [2.05, 4.69) is 40.3 Å². The predicted octanol–water partition coefficient (Wildman–Crippen LogP) is 1.60. The van der Waals surface area contributed by atoms with E-state index in [0.717, 1.165) is 43.4 Å². The van der Waals surface area contributed by atoms with Crippen LogP contribution in [-0.4, -0.2) is 51.3 Å². The lowest BCUT2D eigenvalue weighted by atomic mass is 10.3. The van der Waals surface area contributed by atoms with Crippen LogP contribution < -0.4 is 15.1 Å². The zero-order valence-corrected chi connectivity index (χ0v) is 14.4. The quantitative estimate of drug-likeness (QED) is 0.744. The van der Waals surface area contributed by atoms with E-state index in [-0.39, 0.29) is 0 Å². The molecule has 3 aromatic heterocycles. The Balaban J connectivity index is 1.36. The maximum absolute atomic E-state index is 4.60. The molecule has 132 valence electrons. The molecule has 1 N–H and O–H groups in total. The molecule has 4 rings (SSSR count). The molecule has 8 heteroatoms. The van der Waals surface area contributed by atoms with Crippen molar-refractivity contribution in [2.45, 2.75) is 6.54 Å². The molecule has 0 bridgehead atoms. The molecule has 0 atom stereocenters. The molecule has 26 heavy (non-hydrogen) atoms. The second kappa shape index (κ2) is 7.73. The largest absolute Gasteiger partial charge is 0.365 e. The summed E-state index contributed by atoms with van der Waals surface area (Å²) in [7, 11) is 0. The minimum atomic E-state index is 0.658. The molecule has 1 saturated heterocycles. The molecule has 8 nitrogen and oxygen atoms in total. The predicted molar refractivity (Wildman–Crippen MR) is 100 cm³/mol. The summed E-state index contributed by atoms with van der Waals surface area (Å²) in [5.41, 5.74) is 1.14. The monoisotopic (exact) mass is 348 g/mol. The Morgan fingerprint density at radius 1 is 0.923 bits per heavy atom. The van der Waals surface area contributed by atoms with Crippen LogP contribution in [0.4, 0.5) is 17.6 Å². The van der Waals surface area contributed by atoms with Crippen LogP contribution in [0.5, 0.6) is 0 Å². The van der Waals surface area contributed by atoms with Crippen LogP contribution in [0.1, 0.15) is 5.56 Å². The second-order valence-corrected chi connectivity index (χ2v) is 6.01. The van der Waals surface area contributed by atoms with Crippen LogP contribution in [0.15, 0.2) is 55.1 Å². The lowest BCUT2D eigenvalue weighted by molar-refractivity contribution is 0.630. The summed E-state index contributed by atoms with van der Waals surface area (Å²) in [6.45, 7) is 4.12. The summed E-state index contributed by atoms with van der Waals surface area (Å²) in [6.07, 6.45) is 7.03. The molecule has 0 aromatic carbocycles. The van der Waals surface area contributed by atoms with E-state index >= 15 is 0 Å². The van der Waals surface area contributed by atoms with Gasteiger partial charge < -0.3 is 15.1 Å². The van der Waals surface area contributed by atoms with E-state index in [1.54, 1.807) is 18.6 Å². The zero-order chi connectivity index (χ0) is 17.6. The molecule has 4 heterocycles. The van der Waals surface area contributed by atoms with E-state index in [9.17, 15) is 0 Å². The molecule has 0 amide bonds. The molecule has 0 spiro atoms. The fourth-order valence-corrected chi connectivity index (χ4v) is 2.88. The van der Waals surface area contributed by atoms with Crippen molar-refractivity contribution in [3.05, 3.63) is 60.7 Å². The maximum Gasteiger partial charge on any atom is 0.247 e. The number of nitrogens with zero attached hydrogens (tertiary/aromatic N) is 7. The number of pyridine rings is 2. The number of hydrogen-bond donors (Lipinski definition) is 1. The van der Waals surface area contributed by atoms with E-state index in [1.807, 2.05) is 36.5 Å². The topological polar surface area (TPSA) is 83.0 Å². The number of hydrogen-bond acceptors (Lipinski definition) is 8. The third-order valence-corrected chi connectivity index (χ3v) is 4.31. The normalized spacial score (nSPS) is 14.3. The van der Waals surface area contributed by atoms with Crippen molar-refractivity contribution in [3.8, 4) is 0 Å². The molecule has 1 aliphatic heterocycles. The van der Waals surface area contributed by atoms with Gasteiger partial charge in [-0.15, -0.1) is 5.10 Å². The first-order valence-corrected chi connectivity index (χ1v) is 8.62. The first-order valence-electron chi connectivity index (χ1n) is 8.62. The highest BCUT2D eigenvalue weighted by atomic mass is 15.4. The summed E-state index contributed by atoms with van der Waals surface area (Å²) in [5.74, 6) is 2.39. The Bertz CT molecular complexity index is 819. The van der Waals surface area contributed by atoms with Gasteiger partial charge in [0.15, 0.2) is 5.82 Å². The van der Waals surface area contributed by atoms with Crippen LogP contribution in [-0.2, 0) is 6.54 Å². The molecule has 0 aliphatic carbocycles. The summed E-state index contributed by atoms with van der Waals surface area (Å²) in [4.78, 5) is 17.5. The minimum Gasteiger partial charge on any atom is -0.365 e. The highest BCUT2D eigenvalue weighted by Gasteiger charge is 2.20. The smallest absolute Gasteiger partial charge is 0.247 e. The molecule has 0 radical (unpaired) electrons. The minimum absolute atomic E-state index is 0.658. The van der Waals surface area contributed by atoms with E-state index in [4.69, 9.17) is 0 Å². The van der Waals surface area contributed by atoms with Gasteiger partial charge in [-0.3, -0.25) is 4.98 Å². The van der Waals surface area contributed by atoms with Gasteiger partial charge >= 0.3 is 0 Å². The van der Waals surface area contributed by atoms with Crippen LogP contribution in [0.2, 0.25) is 0 Å². The van der Waals surface area contributed by atoms with Crippen molar-refractivity contribution < 1.29 is 0 Å². The average Bonchev–Trinajstić information content (AvgIpc) is 2.74. The van der Waals surface area contributed by atoms with Gasteiger partial charge in [0.05, 0.1) is 6.20 Å². The standard InChI is InChI=1S/C18H20N8/c1-2-6-20-17(3-1)25-9-11-26(12-10-25)18-23-16(14-22-24-18)21-13-15-4-7-19-8-5-15/h1-8,14H,9-13H2,(H,21,23,24). The SMILES string of the molecule is c1ccc(N2CCN(c3nncc(NCc4ccncc4)n3)CC2)nc1. The van der Waals surface area contributed by atoms with Crippen molar-refractivity contribution >= 4 is 17.6 Å². The first kappa shape index (κ1) is 16.2. The van der Waals surface area contributed by atoms with Gasteiger partial charge in [0.25, 0.3) is 0 Å². The van der Waals surface area contributed by atoms with Crippen molar-refractivity contribution in [1.29, 1.82) is 0 Å². The van der Waals surface area contributed by atoms with Crippen LogP contribution in [0.3, 0.4) is 0 Å². The van der Waals surface area contributed by atoms with Gasteiger partial charge in [-0.05, 0) is 29.8 Å². The Morgan fingerprint density at radius 3 is 2.50 bits per heavy atom. The Labute approximate surface area is 152 Å². The van der Waals surface area contributed by atoms with Gasteiger partial charge in [0.2, 0.25) is 5.95 Å². The molecule has 1 fully saturated rings. The number of rotatable bonds is 5. The summed E-state index contributed by atoms with van der Waals surface area (Å²) < 4.78 is 0. The van der Waals surface area contributed by atoms with Crippen LogP contribution >= 0.6 is 0 Å². The van der Waals surface area contributed by atoms with E-state index in [1.165, 1.54) is 0 Å². The van der Waals surface area contributed by atoms with Crippen molar-refractivity contribution in [3.63, 3.8) is 0 Å². The fourth-order valence-electron chi connectivity index (χ4n) is 2.88. The van der Waals surface area contributed by atoms with Gasteiger partial charge in [0.1, 0.15) is 5.82 Å². The zero-order valence-electron chi connectivity index (χ0n) is 14.4. The van der Waals surface area contributed by atoms with Gasteiger partial charge in [-0.25, -0.2) is 4.98 Å². The summed E-state index contributed by atoms with van der Waals surface area (Å²) >= 11 is 0. The average molecular weight is 348 g/mol. The van der Waals surface area contributed by atoms with E-state index in [0.29, 0.717) is 12.5 Å². The molecule has 3 aromatic rings. The number of piperazine rings is 1. The van der Waals surface area contributed by atoms with Crippen LogP contribution in [0, 0.1) is 0 Å².